The van der Waals surface area contributed by atoms with Crippen molar-refractivity contribution in [1.82, 2.24) is 15.3 Å². The molecule has 0 bridgehead atoms. The molecule has 2 fully saturated rings. The second kappa shape index (κ2) is 5.44. The van der Waals surface area contributed by atoms with E-state index in [-0.39, 0.29) is 0 Å². The molecular formula is C14H24N6. The average molecular weight is 276 g/mol. The number of nitrogens with zero attached hydrogens (tertiary/aromatic N) is 3. The van der Waals surface area contributed by atoms with Crippen LogP contribution in [0.1, 0.15) is 13.8 Å². The number of hydrogen-bond donors (Lipinski definition) is 3. The summed E-state index contributed by atoms with van der Waals surface area (Å²) in [6, 6.07) is 2.02. The zero-order chi connectivity index (χ0) is 14.1. The molecule has 2 aliphatic rings. The molecule has 0 spiro atoms. The van der Waals surface area contributed by atoms with Gasteiger partial charge in [0.2, 0.25) is 5.95 Å². The fraction of sp³-hybridized carbons (Fsp3) is 0.714. The van der Waals surface area contributed by atoms with Crippen molar-refractivity contribution >= 4 is 17.6 Å². The molecule has 0 radical (unpaired) electrons. The lowest BCUT2D eigenvalue weighted by Gasteiger charge is -2.19. The summed E-state index contributed by atoms with van der Waals surface area (Å²) in [4.78, 5) is 11.0. The normalized spacial score (nSPS) is 25.2. The molecule has 0 unspecified atom stereocenters. The summed E-state index contributed by atoms with van der Waals surface area (Å²) in [5.41, 5.74) is 5.85. The fourth-order valence-electron chi connectivity index (χ4n) is 3.06. The zero-order valence-corrected chi connectivity index (χ0v) is 12.3. The Balaban J connectivity index is 1.73. The Morgan fingerprint density at radius 2 is 2.05 bits per heavy atom. The van der Waals surface area contributed by atoms with Gasteiger partial charge in [0.1, 0.15) is 11.6 Å². The van der Waals surface area contributed by atoms with Crippen LogP contribution in [0.2, 0.25) is 0 Å². The number of rotatable bonds is 4. The van der Waals surface area contributed by atoms with Crippen molar-refractivity contribution in [3.05, 3.63) is 6.07 Å². The van der Waals surface area contributed by atoms with Gasteiger partial charge < -0.3 is 21.3 Å². The molecule has 2 aliphatic heterocycles. The van der Waals surface area contributed by atoms with E-state index in [9.17, 15) is 0 Å². The zero-order valence-electron chi connectivity index (χ0n) is 12.3. The number of nitrogen functional groups attached to an aromatic ring is 1. The molecule has 0 aromatic carbocycles. The molecule has 2 atom stereocenters. The molecule has 1 aromatic heterocycles. The predicted molar refractivity (Wildman–Crippen MR) is 81.8 cm³/mol. The van der Waals surface area contributed by atoms with Gasteiger partial charge in [0, 0.05) is 38.8 Å². The summed E-state index contributed by atoms with van der Waals surface area (Å²) < 4.78 is 0. The van der Waals surface area contributed by atoms with E-state index in [0.717, 1.165) is 56.2 Å². The topological polar surface area (TPSA) is 79.1 Å². The van der Waals surface area contributed by atoms with Crippen LogP contribution in [-0.4, -0.2) is 42.7 Å². The summed E-state index contributed by atoms with van der Waals surface area (Å²) in [5, 5.41) is 6.78. The largest absolute Gasteiger partial charge is 0.370 e. The highest BCUT2D eigenvalue weighted by Gasteiger charge is 2.36. The van der Waals surface area contributed by atoms with Crippen LogP contribution in [0.3, 0.4) is 0 Å². The molecule has 0 amide bonds. The van der Waals surface area contributed by atoms with Gasteiger partial charge in [0.15, 0.2) is 0 Å². The first-order valence-corrected chi connectivity index (χ1v) is 7.46. The van der Waals surface area contributed by atoms with Gasteiger partial charge in [-0.2, -0.15) is 9.97 Å². The van der Waals surface area contributed by atoms with Gasteiger partial charge in [-0.05, 0) is 17.8 Å². The molecule has 0 saturated carbocycles. The number of nitrogens with two attached hydrogens (primary N) is 1. The van der Waals surface area contributed by atoms with Crippen molar-refractivity contribution < 1.29 is 0 Å². The molecule has 3 heterocycles. The van der Waals surface area contributed by atoms with E-state index in [4.69, 9.17) is 5.73 Å². The van der Waals surface area contributed by atoms with Crippen LogP contribution in [0.25, 0.3) is 0 Å². The highest BCUT2D eigenvalue weighted by molar-refractivity contribution is 5.53. The van der Waals surface area contributed by atoms with Crippen LogP contribution < -0.4 is 21.3 Å². The number of hydrogen-bond acceptors (Lipinski definition) is 6. The van der Waals surface area contributed by atoms with Crippen molar-refractivity contribution in [2.75, 3.05) is 48.7 Å². The molecule has 0 aliphatic carbocycles. The van der Waals surface area contributed by atoms with E-state index >= 15 is 0 Å². The van der Waals surface area contributed by atoms with Gasteiger partial charge in [-0.25, -0.2) is 0 Å². The van der Waals surface area contributed by atoms with Crippen molar-refractivity contribution in [3.8, 4) is 0 Å². The van der Waals surface area contributed by atoms with Crippen molar-refractivity contribution in [1.29, 1.82) is 0 Å². The van der Waals surface area contributed by atoms with Crippen LogP contribution >= 0.6 is 0 Å². The highest BCUT2D eigenvalue weighted by Crippen LogP contribution is 2.30. The van der Waals surface area contributed by atoms with E-state index in [1.807, 2.05) is 6.07 Å². The average Bonchev–Trinajstić information content (AvgIpc) is 2.96. The Bertz CT molecular complexity index is 463. The molecule has 6 nitrogen and oxygen atoms in total. The molecule has 6 heteroatoms. The smallest absolute Gasteiger partial charge is 0.223 e. The van der Waals surface area contributed by atoms with Crippen molar-refractivity contribution in [3.63, 3.8) is 0 Å². The third-order valence-corrected chi connectivity index (χ3v) is 4.13. The second-order valence-electron chi connectivity index (χ2n) is 6.33. The molecule has 3 rings (SSSR count). The molecule has 110 valence electrons. The number of fused-ring (bicyclic) bond motifs is 1. The van der Waals surface area contributed by atoms with Crippen molar-refractivity contribution in [2.24, 2.45) is 17.8 Å². The van der Waals surface area contributed by atoms with Gasteiger partial charge in [0.25, 0.3) is 0 Å². The summed E-state index contributed by atoms with van der Waals surface area (Å²) >= 11 is 0. The van der Waals surface area contributed by atoms with Gasteiger partial charge in [-0.1, -0.05) is 13.8 Å². The third kappa shape index (κ3) is 2.80. The van der Waals surface area contributed by atoms with E-state index in [1.165, 1.54) is 0 Å². The molecule has 1 aromatic rings. The Morgan fingerprint density at radius 1 is 1.35 bits per heavy atom. The Labute approximate surface area is 120 Å². The first-order valence-electron chi connectivity index (χ1n) is 7.46. The predicted octanol–water partition coefficient (Wildman–Crippen LogP) is 0.782. The van der Waals surface area contributed by atoms with Crippen LogP contribution in [0, 0.1) is 17.8 Å². The maximum Gasteiger partial charge on any atom is 0.223 e. The molecule has 20 heavy (non-hydrogen) atoms. The monoisotopic (exact) mass is 276 g/mol. The summed E-state index contributed by atoms with van der Waals surface area (Å²) in [5.74, 6) is 4.21. The SMILES string of the molecule is CC(C)CNc1cc(N2C[C@H]3CNC[C@H]3C2)nc(N)n1. The van der Waals surface area contributed by atoms with Crippen LogP contribution in [0.5, 0.6) is 0 Å². The van der Waals surface area contributed by atoms with Gasteiger partial charge in [-0.3, -0.25) is 0 Å². The third-order valence-electron chi connectivity index (χ3n) is 4.13. The molecular weight excluding hydrogens is 252 g/mol. The van der Waals surface area contributed by atoms with E-state index < -0.39 is 0 Å². The second-order valence-corrected chi connectivity index (χ2v) is 6.33. The van der Waals surface area contributed by atoms with Gasteiger partial charge in [0.05, 0.1) is 0 Å². The first-order chi connectivity index (χ1) is 9.61. The maximum atomic E-state index is 5.85. The summed E-state index contributed by atoms with van der Waals surface area (Å²) in [7, 11) is 0. The maximum absolute atomic E-state index is 5.85. The summed E-state index contributed by atoms with van der Waals surface area (Å²) in [6.45, 7) is 9.63. The summed E-state index contributed by atoms with van der Waals surface area (Å²) in [6.07, 6.45) is 0. The Hall–Kier alpha value is -1.56. The minimum absolute atomic E-state index is 0.351. The lowest BCUT2D eigenvalue weighted by Crippen LogP contribution is -2.26. The quantitative estimate of drug-likeness (QED) is 0.754. The standard InChI is InChI=1S/C14H24N6/c1-9(2)4-17-12-3-13(19-14(15)18-12)20-7-10-5-16-6-11(10)8-20/h3,9-11,16H,4-8H2,1-2H3,(H3,15,17,18,19)/t10-,11+. The Morgan fingerprint density at radius 3 is 2.70 bits per heavy atom. The number of nitrogens with one attached hydrogen (secondary N) is 2. The van der Waals surface area contributed by atoms with Gasteiger partial charge >= 0.3 is 0 Å². The number of anilines is 3. The first kappa shape index (κ1) is 13.4. The number of aromatic nitrogens is 2. The van der Waals surface area contributed by atoms with E-state index in [1.54, 1.807) is 0 Å². The lowest BCUT2D eigenvalue weighted by atomic mass is 10.0. The Kier molecular flexibility index (Phi) is 3.65. The minimum Gasteiger partial charge on any atom is -0.370 e. The minimum atomic E-state index is 0.351. The van der Waals surface area contributed by atoms with Crippen molar-refractivity contribution in [2.45, 2.75) is 13.8 Å². The van der Waals surface area contributed by atoms with Gasteiger partial charge in [-0.15, -0.1) is 0 Å². The van der Waals surface area contributed by atoms with E-state index in [2.05, 4.69) is 39.3 Å². The fourth-order valence-corrected chi connectivity index (χ4v) is 3.06. The van der Waals surface area contributed by atoms with Crippen LogP contribution in [0.15, 0.2) is 6.07 Å². The molecule has 2 saturated heterocycles. The van der Waals surface area contributed by atoms with Crippen LogP contribution in [0.4, 0.5) is 17.6 Å². The van der Waals surface area contributed by atoms with Crippen LogP contribution in [-0.2, 0) is 0 Å². The lowest BCUT2D eigenvalue weighted by molar-refractivity contribution is 0.533. The molecule has 4 N–H and O–H groups in total. The van der Waals surface area contributed by atoms with E-state index in [0.29, 0.717) is 11.9 Å². The highest BCUT2D eigenvalue weighted by atomic mass is 15.3.